The lowest BCUT2D eigenvalue weighted by atomic mass is 10.1. The minimum atomic E-state index is -0.495. The summed E-state index contributed by atoms with van der Waals surface area (Å²) in [5.74, 6) is -0.403. The first-order valence-electron chi connectivity index (χ1n) is 9.99. The maximum absolute atomic E-state index is 12.7. The van der Waals surface area contributed by atoms with E-state index in [0.717, 1.165) is 11.2 Å². The highest BCUT2D eigenvalue weighted by Gasteiger charge is 2.21. The van der Waals surface area contributed by atoms with Gasteiger partial charge in [0.05, 0.1) is 27.8 Å². The van der Waals surface area contributed by atoms with Gasteiger partial charge in [-0.2, -0.15) is 0 Å². The van der Waals surface area contributed by atoms with Crippen molar-refractivity contribution in [2.24, 2.45) is 0 Å². The molecule has 1 heterocycles. The fourth-order valence-corrected chi connectivity index (χ4v) is 3.77. The van der Waals surface area contributed by atoms with Gasteiger partial charge in [0.15, 0.2) is 0 Å². The smallest absolute Gasteiger partial charge is 0.340 e. The number of aryl methyl sites for hydroxylation is 1. The zero-order chi connectivity index (χ0) is 23.3. The minimum absolute atomic E-state index is 0.0649. The largest absolute Gasteiger partial charge is 0.508 e. The number of anilines is 1. The molecule has 9 nitrogen and oxygen atoms in total. The van der Waals surface area contributed by atoms with Crippen LogP contribution in [0.15, 0.2) is 36.4 Å². The van der Waals surface area contributed by atoms with Gasteiger partial charge in [-0.25, -0.2) is 4.79 Å². The molecule has 0 saturated heterocycles. The van der Waals surface area contributed by atoms with Crippen molar-refractivity contribution >= 4 is 39.8 Å². The summed E-state index contributed by atoms with van der Waals surface area (Å²) >= 11 is 6.12. The molecule has 10 heteroatoms. The topological polar surface area (TPSA) is 116 Å². The number of phenolic OH excluding ortho intramolecular Hbond substituents is 1. The van der Waals surface area contributed by atoms with Crippen LogP contribution in [0.5, 0.6) is 5.75 Å². The number of non-ortho nitro benzene ring substituents is 1. The third-order valence-electron chi connectivity index (χ3n) is 5.07. The second-order valence-corrected chi connectivity index (χ2v) is 7.55. The van der Waals surface area contributed by atoms with Crippen molar-refractivity contribution in [3.8, 4) is 5.75 Å². The van der Waals surface area contributed by atoms with Gasteiger partial charge in [-0.05, 0) is 37.6 Å². The van der Waals surface area contributed by atoms with E-state index in [2.05, 4.69) is 5.32 Å². The van der Waals surface area contributed by atoms with Crippen LogP contribution in [0, 0.1) is 17.0 Å². The number of hydrogen-bond acceptors (Lipinski definition) is 7. The second kappa shape index (κ2) is 10.3. The first-order valence-corrected chi connectivity index (χ1v) is 10.4. The Labute approximate surface area is 189 Å². The van der Waals surface area contributed by atoms with E-state index in [1.165, 1.54) is 19.2 Å². The van der Waals surface area contributed by atoms with Gasteiger partial charge in [0, 0.05) is 48.9 Å². The molecule has 0 aliphatic rings. The lowest BCUT2D eigenvalue weighted by Crippen LogP contribution is -2.12. The van der Waals surface area contributed by atoms with Gasteiger partial charge in [0.25, 0.3) is 5.69 Å². The minimum Gasteiger partial charge on any atom is -0.508 e. The van der Waals surface area contributed by atoms with Crippen LogP contribution in [-0.4, -0.2) is 47.4 Å². The molecule has 0 saturated carbocycles. The van der Waals surface area contributed by atoms with E-state index >= 15 is 0 Å². The van der Waals surface area contributed by atoms with Crippen LogP contribution in [-0.2, 0) is 16.0 Å². The van der Waals surface area contributed by atoms with E-state index in [4.69, 9.17) is 21.1 Å². The van der Waals surface area contributed by atoms with Gasteiger partial charge in [-0.15, -0.1) is 0 Å². The number of nitrogens with zero attached hydrogens (tertiary/aromatic N) is 2. The summed E-state index contributed by atoms with van der Waals surface area (Å²) in [5, 5.41) is 24.8. The Morgan fingerprint density at radius 3 is 2.72 bits per heavy atom. The third kappa shape index (κ3) is 5.12. The zero-order valence-corrected chi connectivity index (χ0v) is 18.5. The SMILES string of the molecule is COCCOC(=O)c1c(C)n(CCCNc2ccc([N+](=O)[O-])cc2Cl)c2ccc(O)cc12. The lowest BCUT2D eigenvalue weighted by molar-refractivity contribution is -0.384. The monoisotopic (exact) mass is 461 g/mol. The van der Waals surface area contributed by atoms with Gasteiger partial charge < -0.3 is 24.5 Å². The first kappa shape index (κ1) is 23.4. The average molecular weight is 462 g/mol. The molecule has 0 fully saturated rings. The van der Waals surface area contributed by atoms with Crippen molar-refractivity contribution < 1.29 is 24.3 Å². The number of nitrogens with one attached hydrogen (secondary N) is 1. The van der Waals surface area contributed by atoms with Gasteiger partial charge in [-0.3, -0.25) is 10.1 Å². The Balaban J connectivity index is 1.74. The molecule has 3 rings (SSSR count). The standard InChI is InChI=1S/C22H24ClN3O6/c1-14-21(22(28)32-11-10-31-2)17-13-16(27)5-7-20(17)25(14)9-3-8-24-19-6-4-15(26(29)30)12-18(19)23/h4-7,12-13,24,27H,3,8-11H2,1-2H3. The van der Waals surface area contributed by atoms with Crippen LogP contribution >= 0.6 is 11.6 Å². The molecule has 1 aromatic heterocycles. The molecule has 0 spiro atoms. The highest BCUT2D eigenvalue weighted by atomic mass is 35.5. The Morgan fingerprint density at radius 2 is 2.03 bits per heavy atom. The number of hydrogen-bond donors (Lipinski definition) is 2. The van der Waals surface area contributed by atoms with Crippen molar-refractivity contribution in [3.05, 3.63) is 62.8 Å². The highest BCUT2D eigenvalue weighted by molar-refractivity contribution is 6.33. The van der Waals surface area contributed by atoms with Crippen LogP contribution in [0.25, 0.3) is 10.9 Å². The van der Waals surface area contributed by atoms with Crippen molar-refractivity contribution in [3.63, 3.8) is 0 Å². The number of aromatic nitrogens is 1. The summed E-state index contributed by atoms with van der Waals surface area (Å²) < 4.78 is 12.2. The normalized spacial score (nSPS) is 11.0. The van der Waals surface area contributed by atoms with Gasteiger partial charge >= 0.3 is 5.97 Å². The summed E-state index contributed by atoms with van der Waals surface area (Å²) in [6, 6.07) is 9.18. The van der Waals surface area contributed by atoms with E-state index < -0.39 is 10.9 Å². The number of rotatable bonds is 10. The van der Waals surface area contributed by atoms with Crippen molar-refractivity contribution in [2.45, 2.75) is 19.9 Å². The van der Waals surface area contributed by atoms with Crippen molar-refractivity contribution in [1.82, 2.24) is 4.57 Å². The van der Waals surface area contributed by atoms with E-state index in [0.29, 0.717) is 42.8 Å². The number of esters is 1. The van der Waals surface area contributed by atoms with Gasteiger partial charge in [-0.1, -0.05) is 11.6 Å². The highest BCUT2D eigenvalue weighted by Crippen LogP contribution is 2.30. The van der Waals surface area contributed by atoms with Crippen LogP contribution < -0.4 is 5.32 Å². The molecular formula is C22H24ClN3O6. The molecule has 0 atom stereocenters. The summed E-state index contributed by atoms with van der Waals surface area (Å²) in [6.07, 6.45) is 0.691. The molecule has 2 aromatic carbocycles. The molecule has 0 aliphatic heterocycles. The van der Waals surface area contributed by atoms with E-state index in [1.807, 2.05) is 11.5 Å². The third-order valence-corrected chi connectivity index (χ3v) is 5.38. The number of phenols is 1. The number of carbonyl (C=O) groups is 1. The number of benzene rings is 2. The van der Waals surface area contributed by atoms with Gasteiger partial charge in [0.2, 0.25) is 0 Å². The predicted octanol–water partition coefficient (Wildman–Crippen LogP) is 4.52. The molecule has 0 unspecified atom stereocenters. The molecule has 170 valence electrons. The van der Waals surface area contributed by atoms with E-state index in [-0.39, 0.29) is 23.1 Å². The van der Waals surface area contributed by atoms with Crippen molar-refractivity contribution in [1.29, 1.82) is 0 Å². The summed E-state index contributed by atoms with van der Waals surface area (Å²) in [4.78, 5) is 23.0. The Morgan fingerprint density at radius 1 is 1.25 bits per heavy atom. The lowest BCUT2D eigenvalue weighted by Gasteiger charge is -2.11. The summed E-state index contributed by atoms with van der Waals surface area (Å²) in [6.45, 7) is 3.43. The number of carbonyl (C=O) groups excluding carboxylic acids is 1. The zero-order valence-electron chi connectivity index (χ0n) is 17.8. The van der Waals surface area contributed by atoms with Crippen LogP contribution in [0.2, 0.25) is 5.02 Å². The number of aromatic hydroxyl groups is 1. The Kier molecular flexibility index (Phi) is 7.55. The second-order valence-electron chi connectivity index (χ2n) is 7.14. The van der Waals surface area contributed by atoms with Crippen LogP contribution in [0.4, 0.5) is 11.4 Å². The molecule has 2 N–H and O–H groups in total. The summed E-state index contributed by atoms with van der Waals surface area (Å²) in [5.41, 5.74) is 2.51. The maximum atomic E-state index is 12.7. The van der Waals surface area contributed by atoms with E-state index in [9.17, 15) is 20.0 Å². The quantitative estimate of drug-likeness (QED) is 0.197. The number of methoxy groups -OCH3 is 1. The predicted molar refractivity (Wildman–Crippen MR) is 122 cm³/mol. The number of nitro benzene ring substituents is 1. The fourth-order valence-electron chi connectivity index (χ4n) is 3.53. The first-order chi connectivity index (χ1) is 15.3. The molecule has 0 aliphatic carbocycles. The van der Waals surface area contributed by atoms with Crippen LogP contribution in [0.1, 0.15) is 22.5 Å². The number of ether oxygens (including phenoxy) is 2. The molecule has 0 amide bonds. The van der Waals surface area contributed by atoms with Gasteiger partial charge in [0.1, 0.15) is 12.4 Å². The fraction of sp³-hybridized carbons (Fsp3) is 0.318. The van der Waals surface area contributed by atoms with Crippen LogP contribution in [0.3, 0.4) is 0 Å². The van der Waals surface area contributed by atoms with Crippen molar-refractivity contribution in [2.75, 3.05) is 32.2 Å². The molecule has 32 heavy (non-hydrogen) atoms. The Bertz CT molecular complexity index is 1140. The molecule has 3 aromatic rings. The maximum Gasteiger partial charge on any atom is 0.340 e. The number of fused-ring (bicyclic) bond motifs is 1. The number of halogens is 1. The molecule has 0 radical (unpaired) electrons. The molecular weight excluding hydrogens is 438 g/mol. The average Bonchev–Trinajstić information content (AvgIpc) is 3.02. The van der Waals surface area contributed by atoms with E-state index in [1.54, 1.807) is 24.3 Å². The number of nitro groups is 1. The molecule has 0 bridgehead atoms. The Hall–Kier alpha value is -3.30. The summed E-state index contributed by atoms with van der Waals surface area (Å²) in [7, 11) is 1.53.